The highest BCUT2D eigenvalue weighted by Crippen LogP contribution is 2.24. The maximum atomic E-state index is 12.2. The van der Waals surface area contributed by atoms with E-state index in [1.807, 2.05) is 24.3 Å². The number of carbonyl (C=O) groups excluding carboxylic acids is 1. The summed E-state index contributed by atoms with van der Waals surface area (Å²) in [6.45, 7) is 0. The van der Waals surface area contributed by atoms with Crippen molar-refractivity contribution in [2.75, 3.05) is 5.32 Å². The van der Waals surface area contributed by atoms with E-state index in [-0.39, 0.29) is 18.1 Å². The number of imidazole rings is 1. The van der Waals surface area contributed by atoms with Gasteiger partial charge in [0.05, 0.1) is 12.1 Å². The second-order valence-corrected chi connectivity index (χ2v) is 4.87. The Hall–Kier alpha value is -3.08. The summed E-state index contributed by atoms with van der Waals surface area (Å²) in [5.41, 5.74) is 2.39. The zero-order valence-electron chi connectivity index (χ0n) is 11.8. The Kier molecular flexibility index (Phi) is 3.87. The zero-order valence-corrected chi connectivity index (χ0v) is 11.8. The van der Waals surface area contributed by atoms with Crippen LogP contribution in [0.3, 0.4) is 0 Å². The van der Waals surface area contributed by atoms with E-state index in [0.717, 1.165) is 11.1 Å². The van der Waals surface area contributed by atoms with Crippen molar-refractivity contribution in [1.29, 1.82) is 0 Å². The molecule has 0 saturated carbocycles. The summed E-state index contributed by atoms with van der Waals surface area (Å²) in [5, 5.41) is 12.2. The fourth-order valence-corrected chi connectivity index (χ4v) is 2.20. The van der Waals surface area contributed by atoms with Gasteiger partial charge in [0.15, 0.2) is 0 Å². The SMILES string of the molecule is O=C(Cc1ccc(O)cc1)Nc1ccccc1-c1ncc[nH]1. The number of nitrogens with zero attached hydrogens (tertiary/aromatic N) is 1. The molecule has 3 N–H and O–H groups in total. The molecule has 0 saturated heterocycles. The molecule has 0 fully saturated rings. The van der Waals surface area contributed by atoms with E-state index in [9.17, 15) is 9.90 Å². The average Bonchev–Trinajstić information content (AvgIpc) is 3.04. The Morgan fingerprint density at radius 2 is 1.91 bits per heavy atom. The number of benzene rings is 2. The van der Waals surface area contributed by atoms with Crippen molar-refractivity contribution in [2.45, 2.75) is 6.42 Å². The maximum absolute atomic E-state index is 12.2. The summed E-state index contributed by atoms with van der Waals surface area (Å²) in [6.07, 6.45) is 3.65. The van der Waals surface area contributed by atoms with Gasteiger partial charge in [0.1, 0.15) is 11.6 Å². The summed E-state index contributed by atoms with van der Waals surface area (Å²) in [6, 6.07) is 14.1. The third-order valence-electron chi connectivity index (χ3n) is 3.26. The van der Waals surface area contributed by atoms with Crippen LogP contribution in [-0.2, 0) is 11.2 Å². The monoisotopic (exact) mass is 293 g/mol. The Balaban J connectivity index is 1.76. The molecule has 0 bridgehead atoms. The number of amides is 1. The number of phenolic OH excluding ortho intramolecular Hbond substituents is 1. The van der Waals surface area contributed by atoms with Crippen LogP contribution in [-0.4, -0.2) is 21.0 Å². The van der Waals surface area contributed by atoms with Crippen molar-refractivity contribution in [3.8, 4) is 17.1 Å². The van der Waals surface area contributed by atoms with Gasteiger partial charge in [-0.25, -0.2) is 4.98 Å². The first-order valence-corrected chi connectivity index (χ1v) is 6.89. The Bertz CT molecular complexity index is 765. The Labute approximate surface area is 127 Å². The summed E-state index contributed by atoms with van der Waals surface area (Å²) in [4.78, 5) is 19.4. The predicted octanol–water partition coefficient (Wildman–Crippen LogP) is 2.96. The molecule has 0 aliphatic carbocycles. The van der Waals surface area contributed by atoms with E-state index in [0.29, 0.717) is 11.5 Å². The molecule has 0 spiro atoms. The van der Waals surface area contributed by atoms with E-state index >= 15 is 0 Å². The van der Waals surface area contributed by atoms with E-state index < -0.39 is 0 Å². The van der Waals surface area contributed by atoms with Gasteiger partial charge in [0.2, 0.25) is 5.91 Å². The van der Waals surface area contributed by atoms with E-state index in [1.54, 1.807) is 36.7 Å². The molecule has 0 unspecified atom stereocenters. The van der Waals surface area contributed by atoms with E-state index in [1.165, 1.54) is 0 Å². The van der Waals surface area contributed by atoms with Gasteiger partial charge in [-0.2, -0.15) is 0 Å². The van der Waals surface area contributed by atoms with Crippen LogP contribution < -0.4 is 5.32 Å². The first kappa shape index (κ1) is 13.9. The van der Waals surface area contributed by atoms with Crippen molar-refractivity contribution >= 4 is 11.6 Å². The lowest BCUT2D eigenvalue weighted by Gasteiger charge is -2.09. The molecular weight excluding hydrogens is 278 g/mol. The predicted molar refractivity (Wildman–Crippen MR) is 84.5 cm³/mol. The highest BCUT2D eigenvalue weighted by Gasteiger charge is 2.10. The molecule has 22 heavy (non-hydrogen) atoms. The van der Waals surface area contributed by atoms with Crippen molar-refractivity contribution in [1.82, 2.24) is 9.97 Å². The standard InChI is InChI=1S/C17H15N3O2/c21-13-7-5-12(6-8-13)11-16(22)20-15-4-2-1-3-14(15)17-18-9-10-19-17/h1-10,21H,11H2,(H,18,19)(H,20,22). The minimum atomic E-state index is -0.121. The molecule has 0 aliphatic heterocycles. The van der Waals surface area contributed by atoms with Crippen molar-refractivity contribution in [3.63, 3.8) is 0 Å². The number of hydrogen-bond acceptors (Lipinski definition) is 3. The number of aromatic hydroxyl groups is 1. The Morgan fingerprint density at radius 1 is 1.14 bits per heavy atom. The van der Waals surface area contributed by atoms with Crippen LogP contribution in [0.1, 0.15) is 5.56 Å². The van der Waals surface area contributed by atoms with Gasteiger partial charge in [0, 0.05) is 18.0 Å². The van der Waals surface area contributed by atoms with Crippen LogP contribution in [0, 0.1) is 0 Å². The van der Waals surface area contributed by atoms with Crippen molar-refractivity contribution in [3.05, 3.63) is 66.5 Å². The maximum Gasteiger partial charge on any atom is 0.228 e. The Morgan fingerprint density at radius 3 is 2.64 bits per heavy atom. The van der Waals surface area contributed by atoms with Crippen LogP contribution >= 0.6 is 0 Å². The quantitative estimate of drug-likeness (QED) is 0.692. The molecule has 0 aliphatic rings. The number of para-hydroxylation sites is 1. The van der Waals surface area contributed by atoms with Gasteiger partial charge in [-0.3, -0.25) is 4.79 Å². The lowest BCUT2D eigenvalue weighted by atomic mass is 10.1. The zero-order chi connectivity index (χ0) is 15.4. The molecule has 0 radical (unpaired) electrons. The first-order valence-electron chi connectivity index (χ1n) is 6.89. The lowest BCUT2D eigenvalue weighted by Crippen LogP contribution is -2.15. The number of aromatic amines is 1. The minimum absolute atomic E-state index is 0.121. The number of carbonyl (C=O) groups is 1. The fourth-order valence-electron chi connectivity index (χ4n) is 2.20. The molecular formula is C17H15N3O2. The van der Waals surface area contributed by atoms with Crippen LogP contribution in [0.4, 0.5) is 5.69 Å². The number of H-pyrrole nitrogens is 1. The molecule has 0 atom stereocenters. The third kappa shape index (κ3) is 3.15. The molecule has 1 amide bonds. The number of hydrogen-bond donors (Lipinski definition) is 3. The van der Waals surface area contributed by atoms with Crippen LogP contribution in [0.25, 0.3) is 11.4 Å². The van der Waals surface area contributed by atoms with Gasteiger partial charge < -0.3 is 15.4 Å². The minimum Gasteiger partial charge on any atom is -0.508 e. The summed E-state index contributed by atoms with van der Waals surface area (Å²) < 4.78 is 0. The molecule has 1 aromatic heterocycles. The average molecular weight is 293 g/mol. The number of phenols is 1. The molecule has 2 aromatic carbocycles. The van der Waals surface area contributed by atoms with Crippen molar-refractivity contribution < 1.29 is 9.90 Å². The van der Waals surface area contributed by atoms with E-state index in [4.69, 9.17) is 0 Å². The summed E-state index contributed by atoms with van der Waals surface area (Å²) in [7, 11) is 0. The van der Waals surface area contributed by atoms with Gasteiger partial charge in [-0.1, -0.05) is 24.3 Å². The second-order valence-electron chi connectivity index (χ2n) is 4.87. The van der Waals surface area contributed by atoms with E-state index in [2.05, 4.69) is 15.3 Å². The molecule has 3 rings (SSSR count). The highest BCUT2D eigenvalue weighted by atomic mass is 16.3. The molecule has 110 valence electrons. The summed E-state index contributed by atoms with van der Waals surface area (Å²) >= 11 is 0. The van der Waals surface area contributed by atoms with Gasteiger partial charge in [-0.05, 0) is 29.8 Å². The fraction of sp³-hybridized carbons (Fsp3) is 0.0588. The molecule has 5 nitrogen and oxygen atoms in total. The number of rotatable bonds is 4. The number of aromatic nitrogens is 2. The highest BCUT2D eigenvalue weighted by molar-refractivity contribution is 5.95. The van der Waals surface area contributed by atoms with Gasteiger partial charge in [0.25, 0.3) is 0 Å². The normalized spacial score (nSPS) is 10.4. The topological polar surface area (TPSA) is 78.0 Å². The van der Waals surface area contributed by atoms with Crippen LogP contribution in [0.2, 0.25) is 0 Å². The smallest absolute Gasteiger partial charge is 0.228 e. The van der Waals surface area contributed by atoms with Crippen molar-refractivity contribution in [2.24, 2.45) is 0 Å². The van der Waals surface area contributed by atoms with Gasteiger partial charge >= 0.3 is 0 Å². The van der Waals surface area contributed by atoms with Gasteiger partial charge in [-0.15, -0.1) is 0 Å². The number of anilines is 1. The second kappa shape index (κ2) is 6.13. The van der Waals surface area contributed by atoms with Crippen LogP contribution in [0.15, 0.2) is 60.9 Å². The summed E-state index contributed by atoms with van der Waals surface area (Å²) in [5.74, 6) is 0.776. The molecule has 1 heterocycles. The van der Waals surface area contributed by atoms with Crippen LogP contribution in [0.5, 0.6) is 5.75 Å². The molecule has 5 heteroatoms. The third-order valence-corrected chi connectivity index (χ3v) is 3.26. The first-order chi connectivity index (χ1) is 10.7. The molecule has 3 aromatic rings. The largest absolute Gasteiger partial charge is 0.508 e. The number of nitrogens with one attached hydrogen (secondary N) is 2. The lowest BCUT2D eigenvalue weighted by molar-refractivity contribution is -0.115.